The molecular formula is C24H25ClN2O3S. The number of halogens is 1. The van der Waals surface area contributed by atoms with Crippen LogP contribution < -0.4 is 9.62 Å². The van der Waals surface area contributed by atoms with Gasteiger partial charge in [0.15, 0.2) is 0 Å². The van der Waals surface area contributed by atoms with Crippen LogP contribution in [0.25, 0.3) is 0 Å². The summed E-state index contributed by atoms with van der Waals surface area (Å²) in [4.78, 5) is 12.8. The number of amides is 1. The van der Waals surface area contributed by atoms with Crippen molar-refractivity contribution in [2.24, 2.45) is 0 Å². The summed E-state index contributed by atoms with van der Waals surface area (Å²) in [5, 5.41) is 3.44. The van der Waals surface area contributed by atoms with Gasteiger partial charge in [0, 0.05) is 17.6 Å². The summed E-state index contributed by atoms with van der Waals surface area (Å²) in [6, 6.07) is 20.5. The number of benzene rings is 3. The molecular weight excluding hydrogens is 432 g/mol. The standard InChI is InChI=1S/C24H25ClN2O3S/c1-4-18-5-7-19(8-6-18)17(2)26-24(28)20-9-13-22(14-10-20)27(3)31(29,30)23-15-11-21(25)12-16-23/h5-17H,4H2,1-3H3,(H,26,28)/t17-/m0/s1. The lowest BCUT2D eigenvalue weighted by atomic mass is 10.0. The molecule has 0 aliphatic rings. The lowest BCUT2D eigenvalue weighted by Crippen LogP contribution is -2.28. The molecule has 5 nitrogen and oxygen atoms in total. The smallest absolute Gasteiger partial charge is 0.264 e. The first-order valence-corrected chi connectivity index (χ1v) is 11.8. The van der Waals surface area contributed by atoms with Gasteiger partial charge in [-0.05, 0) is 73.0 Å². The average Bonchev–Trinajstić information content (AvgIpc) is 2.79. The van der Waals surface area contributed by atoms with E-state index in [0.29, 0.717) is 16.3 Å². The Morgan fingerprint density at radius 3 is 2.10 bits per heavy atom. The summed E-state index contributed by atoms with van der Waals surface area (Å²) < 4.78 is 26.8. The number of rotatable bonds is 7. The summed E-state index contributed by atoms with van der Waals surface area (Å²) >= 11 is 5.85. The third kappa shape index (κ3) is 5.27. The largest absolute Gasteiger partial charge is 0.346 e. The summed E-state index contributed by atoms with van der Waals surface area (Å²) in [6.45, 7) is 4.03. The molecule has 1 N–H and O–H groups in total. The van der Waals surface area contributed by atoms with Gasteiger partial charge in [-0.3, -0.25) is 9.10 Å². The third-order valence-corrected chi connectivity index (χ3v) is 7.25. The summed E-state index contributed by atoms with van der Waals surface area (Å²) in [6.07, 6.45) is 0.968. The minimum atomic E-state index is -3.73. The highest BCUT2D eigenvalue weighted by Crippen LogP contribution is 2.24. The zero-order valence-corrected chi connectivity index (χ0v) is 19.2. The first kappa shape index (κ1) is 22.8. The molecule has 162 valence electrons. The minimum absolute atomic E-state index is 0.143. The van der Waals surface area contributed by atoms with Crippen LogP contribution in [0.15, 0.2) is 77.7 Å². The second-order valence-electron chi connectivity index (χ2n) is 7.26. The number of nitrogens with one attached hydrogen (secondary N) is 1. The molecule has 0 radical (unpaired) electrons. The fraction of sp³-hybridized carbons (Fsp3) is 0.208. The van der Waals surface area contributed by atoms with Gasteiger partial charge in [0.2, 0.25) is 0 Å². The molecule has 31 heavy (non-hydrogen) atoms. The van der Waals surface area contributed by atoms with Gasteiger partial charge < -0.3 is 5.32 Å². The molecule has 0 heterocycles. The van der Waals surface area contributed by atoms with Crippen LogP contribution >= 0.6 is 11.6 Å². The predicted octanol–water partition coefficient (Wildman–Crippen LogP) is 5.22. The lowest BCUT2D eigenvalue weighted by Gasteiger charge is -2.20. The molecule has 0 aliphatic heterocycles. The van der Waals surface area contributed by atoms with Crippen molar-refractivity contribution in [3.63, 3.8) is 0 Å². The average molecular weight is 457 g/mol. The molecule has 0 fully saturated rings. The van der Waals surface area contributed by atoms with Crippen molar-refractivity contribution in [2.45, 2.75) is 31.2 Å². The van der Waals surface area contributed by atoms with Gasteiger partial charge >= 0.3 is 0 Å². The molecule has 3 rings (SSSR count). The molecule has 0 aromatic heterocycles. The summed E-state index contributed by atoms with van der Waals surface area (Å²) in [5.74, 6) is -0.221. The second-order valence-corrected chi connectivity index (χ2v) is 9.67. The Kier molecular flexibility index (Phi) is 7.03. The quantitative estimate of drug-likeness (QED) is 0.530. The molecule has 3 aromatic carbocycles. The van der Waals surface area contributed by atoms with Crippen LogP contribution in [-0.4, -0.2) is 21.4 Å². The number of carbonyl (C=O) groups excluding carboxylic acids is 1. The zero-order valence-electron chi connectivity index (χ0n) is 17.7. The van der Waals surface area contributed by atoms with Crippen molar-refractivity contribution in [3.8, 4) is 0 Å². The third-order valence-electron chi connectivity index (χ3n) is 5.20. The molecule has 0 bridgehead atoms. The topological polar surface area (TPSA) is 66.5 Å². The predicted molar refractivity (Wildman–Crippen MR) is 125 cm³/mol. The molecule has 0 spiro atoms. The highest BCUT2D eigenvalue weighted by molar-refractivity contribution is 7.92. The van der Waals surface area contributed by atoms with Crippen molar-refractivity contribution < 1.29 is 13.2 Å². The van der Waals surface area contributed by atoms with E-state index >= 15 is 0 Å². The number of hydrogen-bond donors (Lipinski definition) is 1. The second kappa shape index (κ2) is 9.54. The minimum Gasteiger partial charge on any atom is -0.346 e. The van der Waals surface area contributed by atoms with Crippen molar-refractivity contribution >= 4 is 33.2 Å². The SMILES string of the molecule is CCc1ccc([C@H](C)NC(=O)c2ccc(N(C)S(=O)(=O)c3ccc(Cl)cc3)cc2)cc1. The fourth-order valence-electron chi connectivity index (χ4n) is 3.13. The maximum Gasteiger partial charge on any atom is 0.264 e. The van der Waals surface area contributed by atoms with Crippen molar-refractivity contribution in [3.05, 3.63) is 94.5 Å². The molecule has 3 aromatic rings. The van der Waals surface area contributed by atoms with Crippen LogP contribution in [0.3, 0.4) is 0 Å². The van der Waals surface area contributed by atoms with Crippen LogP contribution in [0.5, 0.6) is 0 Å². The van der Waals surface area contributed by atoms with Gasteiger partial charge in [-0.2, -0.15) is 0 Å². The van der Waals surface area contributed by atoms with E-state index in [1.807, 2.05) is 19.1 Å². The van der Waals surface area contributed by atoms with E-state index in [4.69, 9.17) is 11.6 Å². The monoisotopic (exact) mass is 456 g/mol. The number of nitrogens with zero attached hydrogens (tertiary/aromatic N) is 1. The van der Waals surface area contributed by atoms with Crippen LogP contribution in [0.4, 0.5) is 5.69 Å². The van der Waals surface area contributed by atoms with E-state index in [-0.39, 0.29) is 16.8 Å². The Morgan fingerprint density at radius 2 is 1.55 bits per heavy atom. The highest BCUT2D eigenvalue weighted by Gasteiger charge is 2.21. The van der Waals surface area contributed by atoms with E-state index in [2.05, 4.69) is 24.4 Å². The van der Waals surface area contributed by atoms with E-state index in [0.717, 1.165) is 12.0 Å². The molecule has 1 atom stereocenters. The first-order chi connectivity index (χ1) is 14.7. The van der Waals surface area contributed by atoms with E-state index in [1.165, 1.54) is 41.2 Å². The van der Waals surface area contributed by atoms with Crippen LogP contribution in [0.1, 0.15) is 41.4 Å². The Hall–Kier alpha value is -2.83. The number of anilines is 1. The maximum atomic E-state index is 12.8. The van der Waals surface area contributed by atoms with E-state index < -0.39 is 10.0 Å². The van der Waals surface area contributed by atoms with E-state index in [1.54, 1.807) is 24.3 Å². The lowest BCUT2D eigenvalue weighted by molar-refractivity contribution is 0.0940. The van der Waals surface area contributed by atoms with Crippen LogP contribution in [-0.2, 0) is 16.4 Å². The molecule has 1 amide bonds. The van der Waals surface area contributed by atoms with Crippen LogP contribution in [0, 0.1) is 0 Å². The van der Waals surface area contributed by atoms with Crippen molar-refractivity contribution in [1.29, 1.82) is 0 Å². The summed E-state index contributed by atoms with van der Waals surface area (Å²) in [7, 11) is -2.26. The Bertz CT molecular complexity index is 1140. The van der Waals surface area contributed by atoms with Gasteiger partial charge in [0.05, 0.1) is 16.6 Å². The Balaban J connectivity index is 1.71. The van der Waals surface area contributed by atoms with Crippen molar-refractivity contribution in [2.75, 3.05) is 11.4 Å². The van der Waals surface area contributed by atoms with Crippen molar-refractivity contribution in [1.82, 2.24) is 5.32 Å². The first-order valence-electron chi connectivity index (χ1n) is 9.96. The number of hydrogen-bond acceptors (Lipinski definition) is 3. The maximum absolute atomic E-state index is 12.8. The van der Waals surface area contributed by atoms with E-state index in [9.17, 15) is 13.2 Å². The molecule has 0 aliphatic carbocycles. The molecule has 0 saturated heterocycles. The normalized spacial score (nSPS) is 12.3. The van der Waals surface area contributed by atoms with Gasteiger partial charge in [-0.15, -0.1) is 0 Å². The van der Waals surface area contributed by atoms with Gasteiger partial charge in [0.25, 0.3) is 15.9 Å². The van der Waals surface area contributed by atoms with Gasteiger partial charge in [0.1, 0.15) is 0 Å². The Morgan fingerprint density at radius 1 is 0.968 bits per heavy atom. The molecule has 0 saturated carbocycles. The summed E-state index contributed by atoms with van der Waals surface area (Å²) in [5.41, 5.74) is 3.18. The number of carbonyl (C=O) groups is 1. The Labute approximate surface area is 188 Å². The van der Waals surface area contributed by atoms with Gasteiger partial charge in [-0.25, -0.2) is 8.42 Å². The fourth-order valence-corrected chi connectivity index (χ4v) is 4.45. The highest BCUT2D eigenvalue weighted by atomic mass is 35.5. The van der Waals surface area contributed by atoms with Crippen LogP contribution in [0.2, 0.25) is 5.02 Å². The molecule has 7 heteroatoms. The molecule has 0 unspecified atom stereocenters. The number of sulfonamides is 1. The van der Waals surface area contributed by atoms with Gasteiger partial charge in [-0.1, -0.05) is 42.8 Å². The number of aryl methyl sites for hydroxylation is 1. The zero-order chi connectivity index (χ0) is 22.6.